The molecule has 1 amide bonds. The van der Waals surface area contributed by atoms with E-state index in [0.717, 1.165) is 46.6 Å². The number of allylic oxidation sites excluding steroid dienone is 3. The van der Waals surface area contributed by atoms with E-state index in [4.69, 9.17) is 0 Å². The minimum Gasteiger partial charge on any atom is -0.354 e. The van der Waals surface area contributed by atoms with Crippen molar-refractivity contribution in [1.29, 1.82) is 0 Å². The number of amides is 1. The molecular weight excluding hydrogens is 338 g/mol. The van der Waals surface area contributed by atoms with Crippen LogP contribution in [0.5, 0.6) is 0 Å². The number of carbonyl (C=O) groups is 1. The topological polar surface area (TPSA) is 71.8 Å². The van der Waals surface area contributed by atoms with Gasteiger partial charge in [-0.05, 0) is 49.2 Å². The largest absolute Gasteiger partial charge is 0.354 e. The van der Waals surface area contributed by atoms with Crippen molar-refractivity contribution in [3.63, 3.8) is 0 Å². The highest BCUT2D eigenvalue weighted by Crippen LogP contribution is 2.28. The van der Waals surface area contributed by atoms with Gasteiger partial charge in [-0.2, -0.15) is 0 Å². The first-order valence-corrected chi connectivity index (χ1v) is 9.13. The average Bonchev–Trinajstić information content (AvgIpc) is 3.14. The van der Waals surface area contributed by atoms with Crippen LogP contribution in [0.25, 0.3) is 16.7 Å². The summed E-state index contributed by atoms with van der Waals surface area (Å²) < 4.78 is 1.78. The molecule has 136 valence electrons. The molecule has 3 aromatic rings. The van der Waals surface area contributed by atoms with Gasteiger partial charge in [0.25, 0.3) is 0 Å². The second-order valence-corrected chi connectivity index (χ2v) is 6.39. The van der Waals surface area contributed by atoms with E-state index in [1.165, 1.54) is 0 Å². The molecule has 0 radical (unpaired) electrons. The molecular formula is C21H21N5O. The number of para-hydroxylation sites is 1. The molecule has 0 bridgehead atoms. The highest BCUT2D eigenvalue weighted by atomic mass is 16.1. The van der Waals surface area contributed by atoms with Crippen LogP contribution in [0.2, 0.25) is 0 Å². The van der Waals surface area contributed by atoms with Crippen LogP contribution in [0.3, 0.4) is 0 Å². The summed E-state index contributed by atoms with van der Waals surface area (Å²) in [5, 5.41) is 14.9. The number of fused-ring (bicyclic) bond motifs is 1. The average molecular weight is 359 g/mol. The zero-order valence-electron chi connectivity index (χ0n) is 15.1. The standard InChI is InChI=1S/C21H21N5O/c1-2-21(27)23-19-14-16(26-20-11-7-6-10-18(20)24-25-26)12-13-17(19)22-15-8-4-3-5-9-15/h4,6-14,22H,2-3,5H2,1H3,(H,23,27). The number of hydrogen-bond acceptors (Lipinski definition) is 4. The Morgan fingerprint density at radius 1 is 1.15 bits per heavy atom. The van der Waals surface area contributed by atoms with E-state index >= 15 is 0 Å². The summed E-state index contributed by atoms with van der Waals surface area (Å²) in [4.78, 5) is 12.0. The molecule has 0 aliphatic heterocycles. The lowest BCUT2D eigenvalue weighted by Gasteiger charge is -2.16. The smallest absolute Gasteiger partial charge is 0.224 e. The molecule has 27 heavy (non-hydrogen) atoms. The van der Waals surface area contributed by atoms with Gasteiger partial charge in [-0.25, -0.2) is 4.68 Å². The van der Waals surface area contributed by atoms with Gasteiger partial charge in [0.2, 0.25) is 5.91 Å². The third-order valence-electron chi connectivity index (χ3n) is 4.47. The number of nitrogens with one attached hydrogen (secondary N) is 2. The lowest BCUT2D eigenvalue weighted by atomic mass is 10.1. The Bertz CT molecular complexity index is 1050. The van der Waals surface area contributed by atoms with Gasteiger partial charge in [0.05, 0.1) is 22.6 Å². The SMILES string of the molecule is CCC(=O)Nc1cc(-n2nnc3ccccc32)ccc1NC1=CCCC=C1. The number of hydrogen-bond donors (Lipinski definition) is 2. The van der Waals surface area contributed by atoms with Gasteiger partial charge >= 0.3 is 0 Å². The Labute approximate surface area is 157 Å². The summed E-state index contributed by atoms with van der Waals surface area (Å²) in [6, 6.07) is 13.6. The number of carbonyl (C=O) groups excluding carboxylic acids is 1. The van der Waals surface area contributed by atoms with Crippen molar-refractivity contribution in [3.8, 4) is 5.69 Å². The van der Waals surface area contributed by atoms with Crippen molar-refractivity contribution >= 4 is 28.3 Å². The van der Waals surface area contributed by atoms with E-state index in [0.29, 0.717) is 6.42 Å². The molecule has 6 nitrogen and oxygen atoms in total. The van der Waals surface area contributed by atoms with Crippen LogP contribution in [-0.2, 0) is 4.79 Å². The fraction of sp³-hybridized carbons (Fsp3) is 0.190. The highest BCUT2D eigenvalue weighted by Gasteiger charge is 2.12. The predicted octanol–water partition coefficient (Wildman–Crippen LogP) is 4.41. The van der Waals surface area contributed by atoms with E-state index in [2.05, 4.69) is 39.2 Å². The molecule has 1 aromatic heterocycles. The van der Waals surface area contributed by atoms with Crippen LogP contribution in [0.1, 0.15) is 26.2 Å². The van der Waals surface area contributed by atoms with E-state index < -0.39 is 0 Å². The Kier molecular flexibility index (Phi) is 4.70. The van der Waals surface area contributed by atoms with Crippen LogP contribution in [0, 0.1) is 0 Å². The van der Waals surface area contributed by atoms with Gasteiger partial charge in [-0.15, -0.1) is 5.10 Å². The number of anilines is 2. The lowest BCUT2D eigenvalue weighted by Crippen LogP contribution is -2.12. The molecule has 1 heterocycles. The molecule has 0 fully saturated rings. The van der Waals surface area contributed by atoms with Gasteiger partial charge in [-0.3, -0.25) is 4.79 Å². The van der Waals surface area contributed by atoms with Crippen molar-refractivity contribution in [2.75, 3.05) is 10.6 Å². The van der Waals surface area contributed by atoms with Crippen molar-refractivity contribution in [2.45, 2.75) is 26.2 Å². The summed E-state index contributed by atoms with van der Waals surface area (Å²) >= 11 is 0. The van der Waals surface area contributed by atoms with Crippen molar-refractivity contribution in [1.82, 2.24) is 15.0 Å². The van der Waals surface area contributed by atoms with Crippen LogP contribution in [0.4, 0.5) is 11.4 Å². The van der Waals surface area contributed by atoms with Gasteiger partial charge in [-0.1, -0.05) is 36.4 Å². The molecule has 4 rings (SSSR count). The summed E-state index contributed by atoms with van der Waals surface area (Å²) in [5.41, 5.74) is 5.20. The first-order valence-electron chi connectivity index (χ1n) is 9.13. The number of nitrogens with zero attached hydrogens (tertiary/aromatic N) is 3. The maximum absolute atomic E-state index is 12.0. The van der Waals surface area contributed by atoms with Crippen molar-refractivity contribution < 1.29 is 4.79 Å². The number of benzene rings is 2. The van der Waals surface area contributed by atoms with Gasteiger partial charge in [0, 0.05) is 12.1 Å². The normalized spacial score (nSPS) is 13.4. The minimum atomic E-state index is -0.0354. The minimum absolute atomic E-state index is 0.0354. The van der Waals surface area contributed by atoms with Crippen LogP contribution in [-0.4, -0.2) is 20.9 Å². The molecule has 6 heteroatoms. The molecule has 0 saturated heterocycles. The van der Waals surface area contributed by atoms with E-state index in [1.54, 1.807) is 4.68 Å². The Hall–Kier alpha value is -3.41. The van der Waals surface area contributed by atoms with Crippen LogP contribution >= 0.6 is 0 Å². The fourth-order valence-electron chi connectivity index (χ4n) is 3.04. The fourth-order valence-corrected chi connectivity index (χ4v) is 3.04. The zero-order valence-corrected chi connectivity index (χ0v) is 15.1. The first kappa shape index (κ1) is 17.0. The maximum atomic E-state index is 12.0. The maximum Gasteiger partial charge on any atom is 0.224 e. The van der Waals surface area contributed by atoms with E-state index in [-0.39, 0.29) is 5.91 Å². The molecule has 1 aliphatic carbocycles. The monoisotopic (exact) mass is 359 g/mol. The number of aromatic nitrogens is 3. The third kappa shape index (κ3) is 3.60. The first-order chi connectivity index (χ1) is 13.2. The Balaban J connectivity index is 1.73. The van der Waals surface area contributed by atoms with E-state index in [1.807, 2.05) is 49.4 Å². The third-order valence-corrected chi connectivity index (χ3v) is 4.47. The molecule has 2 N–H and O–H groups in total. The van der Waals surface area contributed by atoms with Gasteiger partial charge in [0.15, 0.2) is 0 Å². The van der Waals surface area contributed by atoms with Crippen LogP contribution in [0.15, 0.2) is 66.4 Å². The molecule has 2 aromatic carbocycles. The molecule has 1 aliphatic rings. The van der Waals surface area contributed by atoms with E-state index in [9.17, 15) is 4.79 Å². The summed E-state index contributed by atoms with van der Waals surface area (Å²) in [5.74, 6) is -0.0354. The van der Waals surface area contributed by atoms with Crippen molar-refractivity contribution in [2.24, 2.45) is 0 Å². The van der Waals surface area contributed by atoms with Gasteiger partial charge in [0.1, 0.15) is 5.52 Å². The Morgan fingerprint density at radius 2 is 2.04 bits per heavy atom. The lowest BCUT2D eigenvalue weighted by molar-refractivity contribution is -0.115. The predicted molar refractivity (Wildman–Crippen MR) is 108 cm³/mol. The molecule has 0 unspecified atom stereocenters. The quantitative estimate of drug-likeness (QED) is 0.707. The van der Waals surface area contributed by atoms with Crippen LogP contribution < -0.4 is 10.6 Å². The molecule has 0 spiro atoms. The van der Waals surface area contributed by atoms with Gasteiger partial charge < -0.3 is 10.6 Å². The second kappa shape index (κ2) is 7.45. The second-order valence-electron chi connectivity index (χ2n) is 6.39. The highest BCUT2D eigenvalue weighted by molar-refractivity contribution is 5.95. The molecule has 0 saturated carbocycles. The Morgan fingerprint density at radius 3 is 2.85 bits per heavy atom. The zero-order chi connectivity index (χ0) is 18.6. The molecule has 0 atom stereocenters. The summed E-state index contributed by atoms with van der Waals surface area (Å²) in [6.45, 7) is 1.84. The number of rotatable bonds is 5. The summed E-state index contributed by atoms with van der Waals surface area (Å²) in [6.07, 6.45) is 8.85. The summed E-state index contributed by atoms with van der Waals surface area (Å²) in [7, 11) is 0. The van der Waals surface area contributed by atoms with Crippen molar-refractivity contribution in [3.05, 3.63) is 66.4 Å².